The van der Waals surface area contributed by atoms with Gasteiger partial charge in [0.15, 0.2) is 5.96 Å². The van der Waals surface area contributed by atoms with Gasteiger partial charge in [-0.2, -0.15) is 0 Å². The van der Waals surface area contributed by atoms with Crippen LogP contribution in [0.25, 0.3) is 0 Å². The zero-order valence-electron chi connectivity index (χ0n) is 18.3. The molecule has 2 amide bonds. The van der Waals surface area contributed by atoms with Gasteiger partial charge in [-0.05, 0) is 43.0 Å². The van der Waals surface area contributed by atoms with E-state index < -0.39 is 5.54 Å². The van der Waals surface area contributed by atoms with Crippen molar-refractivity contribution in [3.05, 3.63) is 70.2 Å². The second-order valence-corrected chi connectivity index (χ2v) is 9.03. The Morgan fingerprint density at radius 2 is 1.90 bits per heavy atom. The molecular weight excluding hydrogens is 412 g/mol. The summed E-state index contributed by atoms with van der Waals surface area (Å²) in [4.78, 5) is 27.0. The van der Waals surface area contributed by atoms with Crippen molar-refractivity contribution in [3.63, 3.8) is 0 Å². The number of hydrogen-bond donors (Lipinski definition) is 3. The summed E-state index contributed by atoms with van der Waals surface area (Å²) in [5.74, 6) is -0.116. The molecule has 0 saturated carbocycles. The summed E-state index contributed by atoms with van der Waals surface area (Å²) in [5, 5.41) is 14.8. The molecule has 1 aliphatic rings. The molecule has 0 aromatic heterocycles. The smallest absolute Gasteiger partial charge is 0.253 e. The number of benzene rings is 2. The van der Waals surface area contributed by atoms with Crippen molar-refractivity contribution in [3.8, 4) is 0 Å². The highest BCUT2D eigenvalue weighted by Crippen LogP contribution is 2.27. The van der Waals surface area contributed by atoms with Crippen LogP contribution in [-0.2, 0) is 11.3 Å². The number of nitrogens with zero attached hydrogens (tertiary/aromatic N) is 1. The minimum atomic E-state index is -0.441. The summed E-state index contributed by atoms with van der Waals surface area (Å²) in [6.07, 6.45) is 0.308. The summed E-state index contributed by atoms with van der Waals surface area (Å²) in [6, 6.07) is 14.6. The Kier molecular flexibility index (Phi) is 6.70. The van der Waals surface area contributed by atoms with Crippen LogP contribution in [0.5, 0.6) is 0 Å². The Hall–Kier alpha value is -2.86. The lowest BCUT2D eigenvalue weighted by molar-refractivity contribution is -0.131. The number of nitrogens with one attached hydrogen (secondary N) is 3. The third-order valence-electron chi connectivity index (χ3n) is 6.03. The lowest BCUT2D eigenvalue weighted by atomic mass is 9.83. The van der Waals surface area contributed by atoms with Crippen LogP contribution in [0, 0.1) is 11.3 Å². The van der Waals surface area contributed by atoms with E-state index in [1.807, 2.05) is 58.0 Å². The maximum absolute atomic E-state index is 12.9. The van der Waals surface area contributed by atoms with E-state index in [0.717, 1.165) is 11.1 Å². The molecule has 2 aromatic carbocycles. The van der Waals surface area contributed by atoms with Crippen LogP contribution in [0.1, 0.15) is 61.6 Å². The second kappa shape index (κ2) is 9.10. The Balaban J connectivity index is 1.74. The van der Waals surface area contributed by atoms with Crippen molar-refractivity contribution in [1.29, 1.82) is 5.41 Å². The third-order valence-corrected chi connectivity index (χ3v) is 6.36. The van der Waals surface area contributed by atoms with Gasteiger partial charge in [-0.15, -0.1) is 0 Å². The number of carbonyl (C=O) groups is 2. The summed E-state index contributed by atoms with van der Waals surface area (Å²) >= 11 is 6.30. The fourth-order valence-corrected chi connectivity index (χ4v) is 3.76. The largest absolute Gasteiger partial charge is 0.350 e. The quantitative estimate of drug-likeness (QED) is 0.618. The molecule has 3 N–H and O–H groups in total. The van der Waals surface area contributed by atoms with E-state index in [0.29, 0.717) is 17.0 Å². The number of carbonyl (C=O) groups excluding carboxylic acids is 2. The van der Waals surface area contributed by atoms with Crippen molar-refractivity contribution in [2.75, 3.05) is 0 Å². The van der Waals surface area contributed by atoms with Crippen LogP contribution in [0.3, 0.4) is 0 Å². The molecule has 0 spiro atoms. The van der Waals surface area contributed by atoms with Crippen LogP contribution in [0.2, 0.25) is 5.02 Å². The molecule has 164 valence electrons. The zero-order chi connectivity index (χ0) is 22.8. The summed E-state index contributed by atoms with van der Waals surface area (Å²) < 4.78 is 0. The summed E-state index contributed by atoms with van der Waals surface area (Å²) in [7, 11) is 0. The average Bonchev–Trinajstić information content (AvgIpc) is 2.72. The van der Waals surface area contributed by atoms with Gasteiger partial charge in [0.2, 0.25) is 5.91 Å². The molecule has 0 aliphatic carbocycles. The maximum Gasteiger partial charge on any atom is 0.253 e. The lowest BCUT2D eigenvalue weighted by Crippen LogP contribution is -2.62. The average molecular weight is 441 g/mol. The highest BCUT2D eigenvalue weighted by Gasteiger charge is 2.40. The van der Waals surface area contributed by atoms with Gasteiger partial charge in [-0.25, -0.2) is 0 Å². The first kappa shape index (κ1) is 22.8. The summed E-state index contributed by atoms with van der Waals surface area (Å²) in [5.41, 5.74) is 1.63. The number of halogens is 1. The van der Waals surface area contributed by atoms with Gasteiger partial charge >= 0.3 is 0 Å². The van der Waals surface area contributed by atoms with E-state index in [-0.39, 0.29) is 36.3 Å². The molecular formula is C24H29ClN4O2. The number of rotatable bonds is 6. The maximum atomic E-state index is 12.9. The topological polar surface area (TPSA) is 85.3 Å². The van der Waals surface area contributed by atoms with Crippen LogP contribution in [0.4, 0.5) is 0 Å². The SMILES string of the molecule is CC(C)[C@]1(C)CC(=O)N(Cc2ccc(Cl)c(C(=O)N[C@@H](C)c3ccccc3)c2)C(=N)N1. The highest BCUT2D eigenvalue weighted by molar-refractivity contribution is 6.33. The van der Waals surface area contributed by atoms with E-state index in [1.165, 1.54) is 4.90 Å². The Morgan fingerprint density at radius 3 is 2.52 bits per heavy atom. The Morgan fingerprint density at radius 1 is 1.23 bits per heavy atom. The standard InChI is InChI=1S/C24H29ClN4O2/c1-15(2)24(4)13-21(30)29(23(26)28-24)14-17-10-11-20(25)19(12-17)22(31)27-16(3)18-8-6-5-7-9-18/h5-12,15-16H,13-14H2,1-4H3,(H2,26,28)(H,27,31)/t16-,24-/m0/s1. The van der Waals surface area contributed by atoms with Gasteiger partial charge in [0.25, 0.3) is 5.91 Å². The molecule has 31 heavy (non-hydrogen) atoms. The molecule has 0 radical (unpaired) electrons. The molecule has 6 nitrogen and oxygen atoms in total. The minimum absolute atomic E-state index is 0.0751. The van der Waals surface area contributed by atoms with Crippen LogP contribution < -0.4 is 10.6 Å². The van der Waals surface area contributed by atoms with Crippen molar-refractivity contribution < 1.29 is 9.59 Å². The van der Waals surface area contributed by atoms with Gasteiger partial charge in [0.05, 0.1) is 29.6 Å². The normalized spacial score (nSPS) is 19.9. The van der Waals surface area contributed by atoms with Crippen molar-refractivity contribution >= 4 is 29.4 Å². The molecule has 1 fully saturated rings. The van der Waals surface area contributed by atoms with E-state index in [1.54, 1.807) is 18.2 Å². The predicted octanol–water partition coefficient (Wildman–Crippen LogP) is 4.50. The molecule has 0 bridgehead atoms. The van der Waals surface area contributed by atoms with Crippen LogP contribution >= 0.6 is 11.6 Å². The first-order valence-electron chi connectivity index (χ1n) is 10.4. The number of guanidine groups is 1. The molecule has 3 rings (SSSR count). The monoisotopic (exact) mass is 440 g/mol. The van der Waals surface area contributed by atoms with E-state index in [4.69, 9.17) is 17.0 Å². The number of amides is 2. The Bertz CT molecular complexity index is 972. The van der Waals surface area contributed by atoms with E-state index in [9.17, 15) is 9.59 Å². The molecule has 0 unspecified atom stereocenters. The fourth-order valence-electron chi connectivity index (χ4n) is 3.56. The van der Waals surface area contributed by atoms with Crippen molar-refractivity contribution in [1.82, 2.24) is 15.5 Å². The van der Waals surface area contributed by atoms with Crippen LogP contribution in [-0.4, -0.2) is 28.2 Å². The first-order chi connectivity index (χ1) is 14.6. The minimum Gasteiger partial charge on any atom is -0.350 e. The molecule has 7 heteroatoms. The van der Waals surface area contributed by atoms with E-state index >= 15 is 0 Å². The lowest BCUT2D eigenvalue weighted by Gasteiger charge is -2.43. The molecule has 2 atom stereocenters. The van der Waals surface area contributed by atoms with Gasteiger partial charge < -0.3 is 10.6 Å². The van der Waals surface area contributed by atoms with Crippen molar-refractivity contribution in [2.45, 2.75) is 52.2 Å². The molecule has 1 heterocycles. The van der Waals surface area contributed by atoms with Gasteiger partial charge in [0, 0.05) is 5.54 Å². The number of hydrogen-bond acceptors (Lipinski definition) is 3. The third kappa shape index (κ3) is 5.07. The van der Waals surface area contributed by atoms with Crippen LogP contribution in [0.15, 0.2) is 48.5 Å². The first-order valence-corrected chi connectivity index (χ1v) is 10.8. The zero-order valence-corrected chi connectivity index (χ0v) is 19.1. The Labute approximate surface area is 188 Å². The molecule has 2 aromatic rings. The highest BCUT2D eigenvalue weighted by atomic mass is 35.5. The fraction of sp³-hybridized carbons (Fsp3) is 0.375. The molecule has 1 saturated heterocycles. The predicted molar refractivity (Wildman–Crippen MR) is 123 cm³/mol. The van der Waals surface area contributed by atoms with Gasteiger partial charge in [-0.1, -0.05) is 61.8 Å². The van der Waals surface area contributed by atoms with E-state index in [2.05, 4.69) is 10.6 Å². The summed E-state index contributed by atoms with van der Waals surface area (Å²) in [6.45, 7) is 8.13. The second-order valence-electron chi connectivity index (χ2n) is 8.62. The van der Waals surface area contributed by atoms with Gasteiger partial charge in [0.1, 0.15) is 0 Å². The van der Waals surface area contributed by atoms with Crippen molar-refractivity contribution in [2.24, 2.45) is 5.92 Å². The molecule has 1 aliphatic heterocycles. The van der Waals surface area contributed by atoms with Gasteiger partial charge in [-0.3, -0.25) is 19.9 Å².